The minimum atomic E-state index is 0.213. The van der Waals surface area contributed by atoms with Crippen LogP contribution in [0, 0.1) is 5.92 Å². The number of carbonyl (C=O) groups is 1. The number of amides is 1. The van der Waals surface area contributed by atoms with E-state index in [9.17, 15) is 4.79 Å². The summed E-state index contributed by atoms with van der Waals surface area (Å²) in [5.41, 5.74) is 0. The molecule has 1 rings (SSSR count). The van der Waals surface area contributed by atoms with Crippen molar-refractivity contribution < 1.29 is 4.79 Å². The highest BCUT2D eigenvalue weighted by Crippen LogP contribution is 2.09. The van der Waals surface area contributed by atoms with Crippen LogP contribution in [0.3, 0.4) is 0 Å². The molecule has 1 N–H and O–H groups in total. The zero-order chi connectivity index (χ0) is 12.5. The van der Waals surface area contributed by atoms with Crippen molar-refractivity contribution in [3.63, 3.8) is 0 Å². The first-order valence-corrected chi connectivity index (χ1v) is 7.28. The Kier molecular flexibility index (Phi) is 7.25. The normalized spacial score (nSPS) is 17.4. The number of likely N-dealkylation sites (tertiary alicyclic amines) is 1. The third-order valence-electron chi connectivity index (χ3n) is 3.76. The lowest BCUT2D eigenvalue weighted by atomic mass is 10.0. The molecule has 0 aromatic rings. The summed E-state index contributed by atoms with van der Waals surface area (Å²) in [5, 5.41) is 3.06. The molecule has 17 heavy (non-hydrogen) atoms. The van der Waals surface area contributed by atoms with Gasteiger partial charge in [-0.3, -0.25) is 4.79 Å². The van der Waals surface area contributed by atoms with Crippen molar-refractivity contribution in [2.75, 3.05) is 26.2 Å². The van der Waals surface area contributed by atoms with Gasteiger partial charge in [0, 0.05) is 12.5 Å². The standard InChI is InChI=1S/C14H28N2O/c1-3-13(4-2)14(17)15-9-8-12-16-10-6-5-7-11-16/h13H,3-12H2,1-2H3,(H,15,17). The number of carbonyl (C=O) groups excluding carboxylic acids is 1. The molecule has 3 heteroatoms. The number of hydrogen-bond acceptors (Lipinski definition) is 2. The molecule has 0 bridgehead atoms. The van der Waals surface area contributed by atoms with Crippen molar-refractivity contribution >= 4 is 5.91 Å². The summed E-state index contributed by atoms with van der Waals surface area (Å²) < 4.78 is 0. The molecule has 1 aliphatic heterocycles. The van der Waals surface area contributed by atoms with E-state index in [0.29, 0.717) is 0 Å². The van der Waals surface area contributed by atoms with Crippen LogP contribution in [0.5, 0.6) is 0 Å². The summed E-state index contributed by atoms with van der Waals surface area (Å²) in [6, 6.07) is 0. The van der Waals surface area contributed by atoms with Gasteiger partial charge in [0.05, 0.1) is 0 Å². The van der Waals surface area contributed by atoms with E-state index in [4.69, 9.17) is 0 Å². The molecule has 1 saturated heterocycles. The molecular formula is C14H28N2O. The first-order valence-electron chi connectivity index (χ1n) is 7.28. The molecule has 1 aliphatic rings. The molecule has 3 nitrogen and oxygen atoms in total. The van der Waals surface area contributed by atoms with Crippen molar-refractivity contribution in [3.8, 4) is 0 Å². The number of nitrogens with zero attached hydrogens (tertiary/aromatic N) is 1. The highest BCUT2D eigenvalue weighted by molar-refractivity contribution is 5.78. The number of hydrogen-bond donors (Lipinski definition) is 1. The molecule has 1 amide bonds. The fourth-order valence-electron chi connectivity index (χ4n) is 2.50. The SMILES string of the molecule is CCC(CC)C(=O)NCCCN1CCCCC1. The number of piperidine rings is 1. The summed E-state index contributed by atoms with van der Waals surface area (Å²) in [4.78, 5) is 14.3. The second kappa shape index (κ2) is 8.51. The van der Waals surface area contributed by atoms with Crippen LogP contribution in [0.1, 0.15) is 52.4 Å². The average Bonchev–Trinajstić information content (AvgIpc) is 2.37. The predicted molar refractivity (Wildman–Crippen MR) is 72.0 cm³/mol. The maximum atomic E-state index is 11.7. The molecule has 0 aromatic heterocycles. The lowest BCUT2D eigenvalue weighted by Gasteiger charge is -2.26. The van der Waals surface area contributed by atoms with Crippen molar-refractivity contribution in [1.29, 1.82) is 0 Å². The van der Waals surface area contributed by atoms with E-state index in [1.807, 2.05) is 0 Å². The fourth-order valence-corrected chi connectivity index (χ4v) is 2.50. The zero-order valence-electron chi connectivity index (χ0n) is 11.5. The van der Waals surface area contributed by atoms with E-state index in [1.165, 1.54) is 32.4 Å². The Labute approximate surface area is 106 Å². The monoisotopic (exact) mass is 240 g/mol. The Bertz CT molecular complexity index is 208. The van der Waals surface area contributed by atoms with E-state index in [1.54, 1.807) is 0 Å². The maximum absolute atomic E-state index is 11.7. The second-order valence-electron chi connectivity index (χ2n) is 5.06. The van der Waals surface area contributed by atoms with Gasteiger partial charge >= 0.3 is 0 Å². The van der Waals surface area contributed by atoms with Gasteiger partial charge in [-0.1, -0.05) is 20.3 Å². The Morgan fingerprint density at radius 2 is 1.82 bits per heavy atom. The molecular weight excluding hydrogens is 212 g/mol. The minimum Gasteiger partial charge on any atom is -0.356 e. The molecule has 0 aliphatic carbocycles. The van der Waals surface area contributed by atoms with Gasteiger partial charge in [-0.05, 0) is 51.7 Å². The fraction of sp³-hybridized carbons (Fsp3) is 0.929. The van der Waals surface area contributed by atoms with Crippen LogP contribution in [0.25, 0.3) is 0 Å². The predicted octanol–water partition coefficient (Wildman–Crippen LogP) is 2.41. The number of rotatable bonds is 7. The molecule has 100 valence electrons. The maximum Gasteiger partial charge on any atom is 0.223 e. The first-order chi connectivity index (χ1) is 8.27. The van der Waals surface area contributed by atoms with Gasteiger partial charge in [-0.25, -0.2) is 0 Å². The Morgan fingerprint density at radius 1 is 1.18 bits per heavy atom. The lowest BCUT2D eigenvalue weighted by Crippen LogP contribution is -2.35. The lowest BCUT2D eigenvalue weighted by molar-refractivity contribution is -0.125. The summed E-state index contributed by atoms with van der Waals surface area (Å²) in [6.07, 6.45) is 7.08. The molecule has 0 unspecified atom stereocenters. The molecule has 0 radical (unpaired) electrons. The third kappa shape index (κ3) is 5.53. The van der Waals surface area contributed by atoms with Gasteiger partial charge in [0.15, 0.2) is 0 Å². The first kappa shape index (κ1) is 14.5. The quantitative estimate of drug-likeness (QED) is 0.693. The van der Waals surface area contributed by atoms with Crippen LogP contribution in [0.15, 0.2) is 0 Å². The summed E-state index contributed by atoms with van der Waals surface area (Å²) >= 11 is 0. The summed E-state index contributed by atoms with van der Waals surface area (Å²) in [5.74, 6) is 0.457. The van der Waals surface area contributed by atoms with Crippen molar-refractivity contribution in [3.05, 3.63) is 0 Å². The van der Waals surface area contributed by atoms with Crippen molar-refractivity contribution in [1.82, 2.24) is 10.2 Å². The van der Waals surface area contributed by atoms with Crippen LogP contribution in [0.4, 0.5) is 0 Å². The molecule has 0 spiro atoms. The number of nitrogens with one attached hydrogen (secondary N) is 1. The van der Waals surface area contributed by atoms with Crippen molar-refractivity contribution in [2.24, 2.45) is 5.92 Å². The Morgan fingerprint density at radius 3 is 2.41 bits per heavy atom. The van der Waals surface area contributed by atoms with Gasteiger partial charge in [-0.15, -0.1) is 0 Å². The van der Waals surface area contributed by atoms with Crippen LogP contribution < -0.4 is 5.32 Å². The van der Waals surface area contributed by atoms with E-state index in [0.717, 1.165) is 32.4 Å². The minimum absolute atomic E-state index is 0.213. The Hall–Kier alpha value is -0.570. The highest BCUT2D eigenvalue weighted by atomic mass is 16.1. The summed E-state index contributed by atoms with van der Waals surface area (Å²) in [7, 11) is 0. The highest BCUT2D eigenvalue weighted by Gasteiger charge is 2.13. The molecule has 0 atom stereocenters. The Balaban J connectivity index is 2.04. The van der Waals surface area contributed by atoms with Gasteiger partial charge in [0.2, 0.25) is 5.91 Å². The molecule has 1 heterocycles. The van der Waals surface area contributed by atoms with Crippen molar-refractivity contribution in [2.45, 2.75) is 52.4 Å². The second-order valence-corrected chi connectivity index (χ2v) is 5.06. The van der Waals surface area contributed by atoms with E-state index < -0.39 is 0 Å². The van der Waals surface area contributed by atoms with Crippen LogP contribution in [-0.2, 0) is 4.79 Å². The molecule has 0 aromatic carbocycles. The van der Waals surface area contributed by atoms with Gasteiger partial charge in [0.25, 0.3) is 0 Å². The third-order valence-corrected chi connectivity index (χ3v) is 3.76. The smallest absolute Gasteiger partial charge is 0.223 e. The van der Waals surface area contributed by atoms with E-state index in [-0.39, 0.29) is 11.8 Å². The van der Waals surface area contributed by atoms with Gasteiger partial charge < -0.3 is 10.2 Å². The summed E-state index contributed by atoms with van der Waals surface area (Å²) in [6.45, 7) is 8.65. The largest absolute Gasteiger partial charge is 0.356 e. The van der Waals surface area contributed by atoms with Gasteiger partial charge in [-0.2, -0.15) is 0 Å². The molecule has 0 saturated carbocycles. The van der Waals surface area contributed by atoms with E-state index in [2.05, 4.69) is 24.1 Å². The average molecular weight is 240 g/mol. The van der Waals surface area contributed by atoms with Crippen LogP contribution in [0.2, 0.25) is 0 Å². The topological polar surface area (TPSA) is 32.3 Å². The van der Waals surface area contributed by atoms with Crippen LogP contribution >= 0.6 is 0 Å². The van der Waals surface area contributed by atoms with Crippen LogP contribution in [-0.4, -0.2) is 37.0 Å². The van der Waals surface area contributed by atoms with Gasteiger partial charge in [0.1, 0.15) is 0 Å². The molecule has 1 fully saturated rings. The van der Waals surface area contributed by atoms with E-state index >= 15 is 0 Å². The zero-order valence-corrected chi connectivity index (χ0v) is 11.5.